The zero-order chi connectivity index (χ0) is 22.1. The molecule has 7 nitrogen and oxygen atoms in total. The van der Waals surface area contributed by atoms with E-state index in [9.17, 15) is 4.79 Å². The van der Waals surface area contributed by atoms with E-state index in [0.717, 1.165) is 16.7 Å². The van der Waals surface area contributed by atoms with Crippen LogP contribution in [0.4, 0.5) is 0 Å². The molecule has 0 saturated carbocycles. The van der Waals surface area contributed by atoms with Gasteiger partial charge in [0.2, 0.25) is 11.8 Å². The Balaban J connectivity index is 1.60. The number of fused-ring (bicyclic) bond motifs is 1. The largest absolute Gasteiger partial charge is 0.497 e. The number of hydrogen-bond acceptors (Lipinski definition) is 6. The fraction of sp³-hybridized carbons (Fsp3) is 0.0833. The quantitative estimate of drug-likeness (QED) is 0.386. The molecule has 3 heterocycles. The van der Waals surface area contributed by atoms with Gasteiger partial charge in [-0.15, -0.1) is 10.2 Å². The first-order valence-corrected chi connectivity index (χ1v) is 10.2. The zero-order valence-corrected chi connectivity index (χ0v) is 17.8. The average Bonchev–Trinajstić information content (AvgIpc) is 3.29. The smallest absolute Gasteiger partial charge is 0.260 e. The molecular weight excluding hydrogens is 428 g/mol. The van der Waals surface area contributed by atoms with Gasteiger partial charge in [-0.3, -0.25) is 9.36 Å². The number of aromatic nitrogens is 4. The molecule has 0 fully saturated rings. The second-order valence-electron chi connectivity index (χ2n) is 7.07. The molecule has 8 heteroatoms. The Morgan fingerprint density at radius 2 is 1.81 bits per heavy atom. The molecule has 0 radical (unpaired) electrons. The summed E-state index contributed by atoms with van der Waals surface area (Å²) in [7, 11) is 1.60. The van der Waals surface area contributed by atoms with Gasteiger partial charge in [0, 0.05) is 17.1 Å². The van der Waals surface area contributed by atoms with E-state index in [1.54, 1.807) is 30.0 Å². The molecule has 0 aliphatic carbocycles. The Hall–Kier alpha value is -3.97. The summed E-state index contributed by atoms with van der Waals surface area (Å²) in [4.78, 5) is 17.9. The maximum atomic E-state index is 13.5. The van der Waals surface area contributed by atoms with E-state index in [2.05, 4.69) is 15.2 Å². The fourth-order valence-corrected chi connectivity index (χ4v) is 3.74. The molecule has 5 aromatic rings. The van der Waals surface area contributed by atoms with Crippen molar-refractivity contribution in [2.24, 2.45) is 0 Å². The minimum Gasteiger partial charge on any atom is -0.497 e. The molecule has 0 amide bonds. The normalized spacial score (nSPS) is 11.1. The lowest BCUT2D eigenvalue weighted by Crippen LogP contribution is -2.23. The number of methoxy groups -OCH3 is 1. The number of benzene rings is 2. The van der Waals surface area contributed by atoms with Crippen LogP contribution in [0.2, 0.25) is 5.02 Å². The number of hydrogen-bond donors (Lipinski definition) is 0. The van der Waals surface area contributed by atoms with E-state index < -0.39 is 0 Å². The lowest BCUT2D eigenvalue weighted by atomic mass is 10.1. The summed E-state index contributed by atoms with van der Waals surface area (Å²) in [6.45, 7) is 0.0772. The lowest BCUT2D eigenvalue weighted by molar-refractivity contribution is 0.415. The molecule has 0 N–H and O–H groups in total. The Kier molecular flexibility index (Phi) is 5.17. The highest BCUT2D eigenvalue weighted by Crippen LogP contribution is 2.27. The Labute approximate surface area is 187 Å². The van der Waals surface area contributed by atoms with Gasteiger partial charge in [0.1, 0.15) is 17.9 Å². The summed E-state index contributed by atoms with van der Waals surface area (Å²) < 4.78 is 12.6. The third kappa shape index (κ3) is 3.63. The Bertz CT molecular complexity index is 1480. The maximum Gasteiger partial charge on any atom is 0.260 e. The predicted molar refractivity (Wildman–Crippen MR) is 122 cm³/mol. The van der Waals surface area contributed by atoms with Crippen molar-refractivity contribution in [1.82, 2.24) is 19.7 Å². The summed E-state index contributed by atoms with van der Waals surface area (Å²) >= 11 is 6.24. The van der Waals surface area contributed by atoms with Crippen molar-refractivity contribution in [3.8, 4) is 28.3 Å². The highest BCUT2D eigenvalue weighted by molar-refractivity contribution is 6.33. The van der Waals surface area contributed by atoms with Gasteiger partial charge < -0.3 is 9.15 Å². The molecule has 0 saturated heterocycles. The molecule has 0 atom stereocenters. The molecule has 0 aliphatic rings. The first kappa shape index (κ1) is 20.0. The Morgan fingerprint density at radius 3 is 2.59 bits per heavy atom. The highest BCUT2D eigenvalue weighted by Gasteiger charge is 2.16. The summed E-state index contributed by atoms with van der Waals surface area (Å²) in [6.07, 6.45) is 1.65. The first-order valence-electron chi connectivity index (χ1n) is 9.84. The zero-order valence-electron chi connectivity index (χ0n) is 17.0. The third-order valence-electron chi connectivity index (χ3n) is 5.11. The minimum absolute atomic E-state index is 0.0772. The maximum absolute atomic E-state index is 13.5. The summed E-state index contributed by atoms with van der Waals surface area (Å²) in [5.74, 6) is 1.29. The monoisotopic (exact) mass is 444 g/mol. The van der Waals surface area contributed by atoms with Crippen LogP contribution in [-0.4, -0.2) is 26.9 Å². The number of pyridine rings is 2. The van der Waals surface area contributed by atoms with Crippen molar-refractivity contribution in [2.75, 3.05) is 7.11 Å². The van der Waals surface area contributed by atoms with Crippen molar-refractivity contribution < 1.29 is 9.15 Å². The topological polar surface area (TPSA) is 83.0 Å². The van der Waals surface area contributed by atoms with Gasteiger partial charge in [0.15, 0.2) is 0 Å². The van der Waals surface area contributed by atoms with Crippen LogP contribution in [0.15, 0.2) is 82.1 Å². The van der Waals surface area contributed by atoms with Crippen LogP contribution in [0, 0.1) is 0 Å². The van der Waals surface area contributed by atoms with Gasteiger partial charge >= 0.3 is 0 Å². The summed E-state index contributed by atoms with van der Waals surface area (Å²) in [5, 5.41) is 9.56. The summed E-state index contributed by atoms with van der Waals surface area (Å²) in [6, 6.07) is 20.1. The standard InChI is InChI=1S/C24H17ClN4O3/c1-31-17-10-8-15(9-11-17)19-13-16-5-4-12-26-22(16)29(24(19)30)14-21-27-28-23(32-21)18-6-2-3-7-20(18)25/h2-13H,14H2,1H3. The molecule has 158 valence electrons. The van der Waals surface area contributed by atoms with Crippen LogP contribution < -0.4 is 10.3 Å². The molecular formula is C24H17ClN4O3. The van der Waals surface area contributed by atoms with Gasteiger partial charge in [-0.05, 0) is 48.0 Å². The lowest BCUT2D eigenvalue weighted by Gasteiger charge is -2.11. The van der Waals surface area contributed by atoms with Crippen LogP contribution in [0.3, 0.4) is 0 Å². The second kappa shape index (κ2) is 8.28. The molecule has 0 aliphatic heterocycles. The van der Waals surface area contributed by atoms with Crippen molar-refractivity contribution >= 4 is 22.6 Å². The van der Waals surface area contributed by atoms with E-state index in [1.165, 1.54) is 0 Å². The molecule has 0 unspecified atom stereocenters. The van der Waals surface area contributed by atoms with E-state index in [1.807, 2.05) is 54.6 Å². The van der Waals surface area contributed by atoms with Crippen LogP contribution in [0.1, 0.15) is 5.89 Å². The van der Waals surface area contributed by atoms with E-state index >= 15 is 0 Å². The SMILES string of the molecule is COc1ccc(-c2cc3cccnc3n(Cc3nnc(-c4ccccc4Cl)o3)c2=O)cc1. The molecule has 3 aromatic heterocycles. The predicted octanol–water partition coefficient (Wildman–Crippen LogP) is 4.82. The van der Waals surface area contributed by atoms with Crippen LogP contribution >= 0.6 is 11.6 Å². The fourth-order valence-electron chi connectivity index (χ4n) is 3.53. The average molecular weight is 445 g/mol. The van der Waals surface area contributed by atoms with Crippen LogP contribution in [0.25, 0.3) is 33.6 Å². The number of ether oxygens (including phenoxy) is 1. The van der Waals surface area contributed by atoms with Crippen LogP contribution in [-0.2, 0) is 6.54 Å². The van der Waals surface area contributed by atoms with Gasteiger partial charge in [-0.25, -0.2) is 4.98 Å². The summed E-state index contributed by atoms with van der Waals surface area (Å²) in [5.41, 5.74) is 2.28. The number of halogens is 1. The third-order valence-corrected chi connectivity index (χ3v) is 5.44. The molecule has 0 bridgehead atoms. The molecule has 32 heavy (non-hydrogen) atoms. The van der Waals surface area contributed by atoms with Gasteiger partial charge in [0.25, 0.3) is 5.56 Å². The number of nitrogens with zero attached hydrogens (tertiary/aromatic N) is 4. The van der Waals surface area contributed by atoms with Crippen LogP contribution in [0.5, 0.6) is 5.75 Å². The van der Waals surface area contributed by atoms with E-state index in [0.29, 0.717) is 27.7 Å². The van der Waals surface area contributed by atoms with Crippen molar-refractivity contribution in [3.63, 3.8) is 0 Å². The molecule has 5 rings (SSSR count). The van der Waals surface area contributed by atoms with Gasteiger partial charge in [0.05, 0.1) is 17.7 Å². The first-order chi connectivity index (χ1) is 15.6. The van der Waals surface area contributed by atoms with Crippen molar-refractivity contribution in [3.05, 3.63) is 94.2 Å². The van der Waals surface area contributed by atoms with Gasteiger partial charge in [-0.2, -0.15) is 0 Å². The molecule has 0 spiro atoms. The van der Waals surface area contributed by atoms with E-state index in [4.69, 9.17) is 20.8 Å². The minimum atomic E-state index is -0.209. The Morgan fingerprint density at radius 1 is 1.00 bits per heavy atom. The molecule has 2 aromatic carbocycles. The van der Waals surface area contributed by atoms with E-state index in [-0.39, 0.29) is 18.0 Å². The second-order valence-corrected chi connectivity index (χ2v) is 7.48. The van der Waals surface area contributed by atoms with Crippen molar-refractivity contribution in [1.29, 1.82) is 0 Å². The van der Waals surface area contributed by atoms with Crippen molar-refractivity contribution in [2.45, 2.75) is 6.54 Å². The highest BCUT2D eigenvalue weighted by atomic mass is 35.5. The number of rotatable bonds is 5. The van der Waals surface area contributed by atoms with Gasteiger partial charge in [-0.1, -0.05) is 35.9 Å².